The molecule has 0 amide bonds. The zero-order chi connectivity index (χ0) is 13.1. The number of piperidine rings is 1. The van der Waals surface area contributed by atoms with Gasteiger partial charge in [-0.05, 0) is 25.5 Å². The molecule has 5 nitrogen and oxygen atoms in total. The lowest BCUT2D eigenvalue weighted by Crippen LogP contribution is -2.43. The van der Waals surface area contributed by atoms with Crippen molar-refractivity contribution in [2.75, 3.05) is 6.54 Å². The average Bonchev–Trinajstić information content (AvgIpc) is 2.33. The quantitative estimate of drug-likeness (QED) is 0.759. The van der Waals surface area contributed by atoms with Gasteiger partial charge in [0.25, 0.3) is 0 Å². The minimum absolute atomic E-state index is 0.00433. The van der Waals surface area contributed by atoms with Gasteiger partial charge in [0.05, 0.1) is 0 Å². The Labute approximate surface area is 105 Å². The molecule has 1 fully saturated rings. The van der Waals surface area contributed by atoms with Gasteiger partial charge in [-0.15, -0.1) is 0 Å². The minimum Gasteiger partial charge on any atom is -0.508 e. The third-order valence-corrected chi connectivity index (χ3v) is 3.34. The molecule has 3 N–H and O–H groups in total. The Morgan fingerprint density at radius 2 is 2.11 bits per heavy atom. The summed E-state index contributed by atoms with van der Waals surface area (Å²) in [5, 5.41) is 28.1. The summed E-state index contributed by atoms with van der Waals surface area (Å²) in [7, 11) is 0. The van der Waals surface area contributed by atoms with E-state index in [1.165, 1.54) is 12.1 Å². The Morgan fingerprint density at radius 3 is 2.78 bits per heavy atom. The van der Waals surface area contributed by atoms with E-state index in [1.807, 2.05) is 4.90 Å². The molecule has 1 saturated heterocycles. The normalized spacial score (nSPS) is 20.8. The molecule has 0 saturated carbocycles. The number of hydrogen-bond donors (Lipinski definition) is 3. The van der Waals surface area contributed by atoms with E-state index < -0.39 is 12.0 Å². The third-order valence-electron chi connectivity index (χ3n) is 3.34. The van der Waals surface area contributed by atoms with Crippen molar-refractivity contribution in [3.8, 4) is 11.5 Å². The molecule has 0 aromatic heterocycles. The van der Waals surface area contributed by atoms with Crippen LogP contribution in [0, 0.1) is 0 Å². The first kappa shape index (κ1) is 12.7. The van der Waals surface area contributed by atoms with Gasteiger partial charge >= 0.3 is 5.97 Å². The number of phenolic OH excluding ortho intramolecular Hbond substituents is 2. The molecule has 5 heteroatoms. The molecule has 1 heterocycles. The van der Waals surface area contributed by atoms with Gasteiger partial charge in [-0.25, -0.2) is 0 Å². The van der Waals surface area contributed by atoms with E-state index >= 15 is 0 Å². The summed E-state index contributed by atoms with van der Waals surface area (Å²) in [4.78, 5) is 13.0. The molecule has 0 bridgehead atoms. The third kappa shape index (κ3) is 2.73. The van der Waals surface area contributed by atoms with Gasteiger partial charge in [0.1, 0.15) is 17.5 Å². The molecule has 98 valence electrons. The fourth-order valence-corrected chi connectivity index (χ4v) is 2.36. The number of hydrogen-bond acceptors (Lipinski definition) is 4. The van der Waals surface area contributed by atoms with Crippen molar-refractivity contribution in [1.82, 2.24) is 4.90 Å². The summed E-state index contributed by atoms with van der Waals surface area (Å²) in [6.07, 6.45) is 2.55. The molecule has 1 unspecified atom stereocenters. The monoisotopic (exact) mass is 251 g/mol. The van der Waals surface area contributed by atoms with Crippen molar-refractivity contribution in [3.63, 3.8) is 0 Å². The van der Waals surface area contributed by atoms with Gasteiger partial charge in [-0.3, -0.25) is 9.69 Å². The molecule has 1 atom stereocenters. The van der Waals surface area contributed by atoms with Crippen LogP contribution in [0.4, 0.5) is 0 Å². The lowest BCUT2D eigenvalue weighted by Gasteiger charge is -2.32. The number of aliphatic carboxylic acids is 1. The number of nitrogens with zero attached hydrogens (tertiary/aromatic N) is 1. The van der Waals surface area contributed by atoms with Gasteiger partial charge in [0.2, 0.25) is 0 Å². The second-order valence-corrected chi connectivity index (χ2v) is 4.63. The van der Waals surface area contributed by atoms with Crippen molar-refractivity contribution >= 4 is 5.97 Å². The van der Waals surface area contributed by atoms with E-state index in [0.29, 0.717) is 18.5 Å². The molecular weight excluding hydrogens is 234 g/mol. The SMILES string of the molecule is O=C(O)C1CCCCN1Cc1ccc(O)cc1O. The second kappa shape index (κ2) is 5.27. The van der Waals surface area contributed by atoms with Crippen LogP contribution >= 0.6 is 0 Å². The highest BCUT2D eigenvalue weighted by atomic mass is 16.4. The van der Waals surface area contributed by atoms with Crippen LogP contribution < -0.4 is 0 Å². The van der Waals surface area contributed by atoms with Gasteiger partial charge in [0, 0.05) is 18.2 Å². The van der Waals surface area contributed by atoms with Crippen molar-refractivity contribution in [1.29, 1.82) is 0 Å². The highest BCUT2D eigenvalue weighted by molar-refractivity contribution is 5.73. The van der Waals surface area contributed by atoms with E-state index in [4.69, 9.17) is 5.11 Å². The van der Waals surface area contributed by atoms with Crippen LogP contribution in [-0.4, -0.2) is 38.8 Å². The standard InChI is InChI=1S/C13H17NO4/c15-10-5-4-9(12(16)7-10)8-14-6-2-1-3-11(14)13(17)18/h4-5,7,11,15-16H,1-3,6,8H2,(H,17,18). The Hall–Kier alpha value is -1.75. The average molecular weight is 251 g/mol. The van der Waals surface area contributed by atoms with Crippen LogP contribution in [0.5, 0.6) is 11.5 Å². The number of carboxylic acids is 1. The van der Waals surface area contributed by atoms with E-state index in [-0.39, 0.29) is 11.5 Å². The topological polar surface area (TPSA) is 81.0 Å². The lowest BCUT2D eigenvalue weighted by atomic mass is 10.0. The van der Waals surface area contributed by atoms with Gasteiger partial charge in [-0.1, -0.05) is 12.5 Å². The molecule has 0 radical (unpaired) electrons. The maximum atomic E-state index is 11.1. The van der Waals surface area contributed by atoms with Crippen LogP contribution in [-0.2, 0) is 11.3 Å². The molecule has 18 heavy (non-hydrogen) atoms. The van der Waals surface area contributed by atoms with Gasteiger partial charge < -0.3 is 15.3 Å². The van der Waals surface area contributed by atoms with Crippen molar-refractivity contribution in [2.24, 2.45) is 0 Å². The van der Waals surface area contributed by atoms with Crippen molar-refractivity contribution in [2.45, 2.75) is 31.8 Å². The molecule has 1 aliphatic heterocycles. The summed E-state index contributed by atoms with van der Waals surface area (Å²) < 4.78 is 0. The highest BCUT2D eigenvalue weighted by Gasteiger charge is 2.28. The first-order valence-electron chi connectivity index (χ1n) is 6.05. The molecule has 0 aliphatic carbocycles. The number of carboxylic acid groups (broad SMARTS) is 1. The molecule has 1 aromatic rings. The summed E-state index contributed by atoms with van der Waals surface area (Å²) in [6, 6.07) is 3.91. The number of carbonyl (C=O) groups is 1. The number of rotatable bonds is 3. The van der Waals surface area contributed by atoms with Crippen molar-refractivity contribution in [3.05, 3.63) is 23.8 Å². The zero-order valence-electron chi connectivity index (χ0n) is 10.0. The predicted molar refractivity (Wildman–Crippen MR) is 65.5 cm³/mol. The highest BCUT2D eigenvalue weighted by Crippen LogP contribution is 2.26. The first-order valence-corrected chi connectivity index (χ1v) is 6.05. The predicted octanol–water partition coefficient (Wildman–Crippen LogP) is 1.54. The number of aromatic hydroxyl groups is 2. The number of likely N-dealkylation sites (tertiary alicyclic amines) is 1. The van der Waals surface area contributed by atoms with E-state index in [0.717, 1.165) is 19.4 Å². The van der Waals surface area contributed by atoms with Crippen LogP contribution in [0.1, 0.15) is 24.8 Å². The molecule has 1 aliphatic rings. The zero-order valence-corrected chi connectivity index (χ0v) is 10.0. The van der Waals surface area contributed by atoms with Gasteiger partial charge in [-0.2, -0.15) is 0 Å². The van der Waals surface area contributed by atoms with E-state index in [1.54, 1.807) is 6.07 Å². The fourth-order valence-electron chi connectivity index (χ4n) is 2.36. The smallest absolute Gasteiger partial charge is 0.320 e. The molecular formula is C13H17NO4. The Bertz CT molecular complexity index is 447. The lowest BCUT2D eigenvalue weighted by molar-refractivity contribution is -0.144. The second-order valence-electron chi connectivity index (χ2n) is 4.63. The Morgan fingerprint density at radius 1 is 1.33 bits per heavy atom. The number of benzene rings is 1. The Kier molecular flexibility index (Phi) is 3.72. The van der Waals surface area contributed by atoms with E-state index in [9.17, 15) is 15.0 Å². The summed E-state index contributed by atoms with van der Waals surface area (Å²) >= 11 is 0. The Balaban J connectivity index is 2.13. The van der Waals surface area contributed by atoms with E-state index in [2.05, 4.69) is 0 Å². The van der Waals surface area contributed by atoms with Crippen molar-refractivity contribution < 1.29 is 20.1 Å². The molecule has 1 aromatic carbocycles. The maximum absolute atomic E-state index is 11.1. The largest absolute Gasteiger partial charge is 0.508 e. The first-order chi connectivity index (χ1) is 8.58. The summed E-state index contributed by atoms with van der Waals surface area (Å²) in [5.41, 5.74) is 0.640. The minimum atomic E-state index is -0.812. The van der Waals surface area contributed by atoms with Crippen LogP contribution in [0.25, 0.3) is 0 Å². The summed E-state index contributed by atoms with van der Waals surface area (Å²) in [5.74, 6) is -0.803. The number of phenols is 2. The summed E-state index contributed by atoms with van der Waals surface area (Å²) in [6.45, 7) is 1.11. The van der Waals surface area contributed by atoms with Gasteiger partial charge in [0.15, 0.2) is 0 Å². The maximum Gasteiger partial charge on any atom is 0.320 e. The molecule has 2 rings (SSSR count). The van der Waals surface area contributed by atoms with Crippen LogP contribution in [0.3, 0.4) is 0 Å². The van der Waals surface area contributed by atoms with Crippen LogP contribution in [0.2, 0.25) is 0 Å². The molecule has 0 spiro atoms. The van der Waals surface area contributed by atoms with Crippen LogP contribution in [0.15, 0.2) is 18.2 Å². The fraction of sp³-hybridized carbons (Fsp3) is 0.462.